The summed E-state index contributed by atoms with van der Waals surface area (Å²) < 4.78 is 13.2. The third kappa shape index (κ3) is 5.70. The molecular formula is C16H27FN2. The lowest BCUT2D eigenvalue weighted by molar-refractivity contribution is 0.188. The summed E-state index contributed by atoms with van der Waals surface area (Å²) in [5.74, 6) is 0.418. The average molecular weight is 266 g/mol. The van der Waals surface area contributed by atoms with Crippen molar-refractivity contribution >= 4 is 0 Å². The maximum absolute atomic E-state index is 13.2. The van der Waals surface area contributed by atoms with Gasteiger partial charge in [0, 0.05) is 12.6 Å². The van der Waals surface area contributed by atoms with Crippen LogP contribution < -0.4 is 5.32 Å². The van der Waals surface area contributed by atoms with Crippen molar-refractivity contribution in [3.05, 3.63) is 35.6 Å². The molecule has 0 radical (unpaired) electrons. The van der Waals surface area contributed by atoms with Gasteiger partial charge in [-0.05, 0) is 57.1 Å². The Morgan fingerprint density at radius 1 is 1.32 bits per heavy atom. The van der Waals surface area contributed by atoms with E-state index in [2.05, 4.69) is 38.0 Å². The maximum Gasteiger partial charge on any atom is 0.123 e. The highest BCUT2D eigenvalue weighted by molar-refractivity contribution is 5.16. The molecule has 1 N–H and O–H groups in total. The monoisotopic (exact) mass is 266 g/mol. The number of nitrogens with one attached hydrogen (secondary N) is 1. The van der Waals surface area contributed by atoms with Gasteiger partial charge in [0.2, 0.25) is 0 Å². The van der Waals surface area contributed by atoms with Crippen LogP contribution in [0.1, 0.15) is 32.8 Å². The molecule has 0 spiro atoms. The Morgan fingerprint density at radius 3 is 2.68 bits per heavy atom. The molecule has 0 saturated carbocycles. The first-order valence-electron chi connectivity index (χ1n) is 7.20. The molecule has 0 heterocycles. The molecule has 0 bridgehead atoms. The summed E-state index contributed by atoms with van der Waals surface area (Å²) in [5, 5.41) is 3.46. The largest absolute Gasteiger partial charge is 0.316 e. The van der Waals surface area contributed by atoms with Gasteiger partial charge in [0.15, 0.2) is 0 Å². The topological polar surface area (TPSA) is 15.3 Å². The Morgan fingerprint density at radius 2 is 2.05 bits per heavy atom. The second-order valence-electron chi connectivity index (χ2n) is 5.47. The third-order valence-corrected chi connectivity index (χ3v) is 3.73. The SMILES string of the molecule is CCCNCC(C)C(C)N(C)Cc1cccc(F)c1. The molecule has 108 valence electrons. The fourth-order valence-electron chi connectivity index (χ4n) is 2.18. The van der Waals surface area contributed by atoms with Crippen molar-refractivity contribution in [1.82, 2.24) is 10.2 Å². The summed E-state index contributed by atoms with van der Waals surface area (Å²) in [6.45, 7) is 9.56. The Hall–Kier alpha value is -0.930. The van der Waals surface area contributed by atoms with Gasteiger partial charge >= 0.3 is 0 Å². The fourth-order valence-corrected chi connectivity index (χ4v) is 2.18. The first kappa shape index (κ1) is 16.1. The molecule has 2 nitrogen and oxygen atoms in total. The number of hydrogen-bond acceptors (Lipinski definition) is 2. The molecule has 1 aromatic rings. The highest BCUT2D eigenvalue weighted by atomic mass is 19.1. The summed E-state index contributed by atoms with van der Waals surface area (Å²) in [6.07, 6.45) is 1.17. The van der Waals surface area contributed by atoms with E-state index in [-0.39, 0.29) is 5.82 Å². The smallest absolute Gasteiger partial charge is 0.123 e. The van der Waals surface area contributed by atoms with Crippen molar-refractivity contribution in [2.45, 2.75) is 39.8 Å². The number of nitrogens with zero attached hydrogens (tertiary/aromatic N) is 1. The molecule has 0 fully saturated rings. The minimum Gasteiger partial charge on any atom is -0.316 e. The van der Waals surface area contributed by atoms with Gasteiger partial charge in [0.05, 0.1) is 0 Å². The molecule has 3 heteroatoms. The Balaban J connectivity index is 2.45. The minimum absolute atomic E-state index is 0.156. The molecule has 0 amide bonds. The average Bonchev–Trinajstić information content (AvgIpc) is 2.38. The molecule has 1 aromatic carbocycles. The van der Waals surface area contributed by atoms with E-state index in [1.54, 1.807) is 12.1 Å². The van der Waals surface area contributed by atoms with Gasteiger partial charge in [-0.1, -0.05) is 26.0 Å². The van der Waals surface area contributed by atoms with Crippen molar-refractivity contribution in [1.29, 1.82) is 0 Å². The van der Waals surface area contributed by atoms with Crippen LogP contribution in [0, 0.1) is 11.7 Å². The summed E-state index contributed by atoms with van der Waals surface area (Å²) in [7, 11) is 2.10. The van der Waals surface area contributed by atoms with E-state index in [4.69, 9.17) is 0 Å². The van der Waals surface area contributed by atoms with Crippen LogP contribution in [0.5, 0.6) is 0 Å². The van der Waals surface area contributed by atoms with E-state index < -0.39 is 0 Å². The van der Waals surface area contributed by atoms with Crippen LogP contribution in [0.25, 0.3) is 0 Å². The number of rotatable bonds is 8. The van der Waals surface area contributed by atoms with E-state index in [0.717, 1.165) is 25.2 Å². The summed E-state index contributed by atoms with van der Waals surface area (Å²) in [4.78, 5) is 2.28. The van der Waals surface area contributed by atoms with Crippen molar-refractivity contribution < 1.29 is 4.39 Å². The zero-order chi connectivity index (χ0) is 14.3. The molecule has 0 saturated heterocycles. The van der Waals surface area contributed by atoms with Crippen LogP contribution in [-0.2, 0) is 6.54 Å². The van der Waals surface area contributed by atoms with Gasteiger partial charge in [0.25, 0.3) is 0 Å². The Kier molecular flexibility index (Phi) is 7.03. The van der Waals surface area contributed by atoms with Crippen LogP contribution >= 0.6 is 0 Å². The zero-order valence-electron chi connectivity index (χ0n) is 12.6. The Labute approximate surface area is 117 Å². The second kappa shape index (κ2) is 8.28. The molecule has 0 aliphatic heterocycles. The third-order valence-electron chi connectivity index (χ3n) is 3.73. The van der Waals surface area contributed by atoms with Gasteiger partial charge in [-0.25, -0.2) is 4.39 Å². The zero-order valence-corrected chi connectivity index (χ0v) is 12.6. The first-order chi connectivity index (χ1) is 9.04. The molecule has 0 aliphatic carbocycles. The normalized spacial score (nSPS) is 14.6. The van der Waals surface area contributed by atoms with E-state index in [0.29, 0.717) is 12.0 Å². The molecule has 0 aromatic heterocycles. The van der Waals surface area contributed by atoms with Crippen molar-refractivity contribution in [2.75, 3.05) is 20.1 Å². The van der Waals surface area contributed by atoms with Crippen LogP contribution in [0.3, 0.4) is 0 Å². The Bertz CT molecular complexity index is 368. The minimum atomic E-state index is -0.156. The van der Waals surface area contributed by atoms with Crippen molar-refractivity contribution in [3.63, 3.8) is 0 Å². The van der Waals surface area contributed by atoms with Gasteiger partial charge in [-0.2, -0.15) is 0 Å². The number of benzene rings is 1. The first-order valence-corrected chi connectivity index (χ1v) is 7.20. The summed E-state index contributed by atoms with van der Waals surface area (Å²) >= 11 is 0. The number of hydrogen-bond donors (Lipinski definition) is 1. The highest BCUT2D eigenvalue weighted by Crippen LogP contribution is 2.13. The molecule has 2 atom stereocenters. The van der Waals surface area contributed by atoms with Crippen molar-refractivity contribution in [2.24, 2.45) is 5.92 Å². The van der Waals surface area contributed by atoms with Crippen LogP contribution in [0.15, 0.2) is 24.3 Å². The van der Waals surface area contributed by atoms with E-state index in [1.165, 1.54) is 12.5 Å². The predicted molar refractivity (Wildman–Crippen MR) is 79.7 cm³/mol. The molecule has 19 heavy (non-hydrogen) atoms. The van der Waals surface area contributed by atoms with Crippen molar-refractivity contribution in [3.8, 4) is 0 Å². The lowest BCUT2D eigenvalue weighted by Crippen LogP contribution is -2.38. The molecular weight excluding hydrogens is 239 g/mol. The molecule has 2 unspecified atom stereocenters. The van der Waals surface area contributed by atoms with Gasteiger partial charge in [-0.15, -0.1) is 0 Å². The van der Waals surface area contributed by atoms with Crippen LogP contribution in [0.2, 0.25) is 0 Å². The fraction of sp³-hybridized carbons (Fsp3) is 0.625. The lowest BCUT2D eigenvalue weighted by atomic mass is 10.0. The quantitative estimate of drug-likeness (QED) is 0.726. The van der Waals surface area contributed by atoms with Gasteiger partial charge < -0.3 is 5.32 Å². The highest BCUT2D eigenvalue weighted by Gasteiger charge is 2.16. The van der Waals surface area contributed by atoms with Crippen LogP contribution in [-0.4, -0.2) is 31.1 Å². The van der Waals surface area contributed by atoms with Gasteiger partial charge in [0.1, 0.15) is 5.82 Å². The van der Waals surface area contributed by atoms with Crippen LogP contribution in [0.4, 0.5) is 4.39 Å². The maximum atomic E-state index is 13.2. The lowest BCUT2D eigenvalue weighted by Gasteiger charge is -2.30. The van der Waals surface area contributed by atoms with E-state index in [9.17, 15) is 4.39 Å². The van der Waals surface area contributed by atoms with E-state index >= 15 is 0 Å². The second-order valence-corrected chi connectivity index (χ2v) is 5.47. The standard InChI is InChI=1S/C16H27FN2/c1-5-9-18-11-13(2)14(3)19(4)12-15-7-6-8-16(17)10-15/h6-8,10,13-14,18H,5,9,11-12H2,1-4H3. The number of halogens is 1. The van der Waals surface area contributed by atoms with Gasteiger partial charge in [-0.3, -0.25) is 4.90 Å². The molecule has 0 aliphatic rings. The predicted octanol–water partition coefficient (Wildman–Crippen LogP) is 3.28. The summed E-state index contributed by atoms with van der Waals surface area (Å²) in [5.41, 5.74) is 1.03. The summed E-state index contributed by atoms with van der Waals surface area (Å²) in [6, 6.07) is 7.32. The molecule has 1 rings (SSSR count). The van der Waals surface area contributed by atoms with E-state index in [1.807, 2.05) is 6.07 Å².